The maximum absolute atomic E-state index is 5.84. The van der Waals surface area contributed by atoms with Gasteiger partial charge in [-0.15, -0.1) is 0 Å². The maximum atomic E-state index is 5.84. The van der Waals surface area contributed by atoms with E-state index in [1.54, 1.807) is 7.11 Å². The van der Waals surface area contributed by atoms with Gasteiger partial charge in [-0.3, -0.25) is 0 Å². The average molecular weight is 265 g/mol. The number of halogens is 2. The molecule has 0 amide bonds. The van der Waals surface area contributed by atoms with Crippen LogP contribution in [-0.2, 0) is 4.74 Å². The van der Waals surface area contributed by atoms with Crippen LogP contribution in [0.15, 0.2) is 22.7 Å². The Morgan fingerprint density at radius 1 is 1.54 bits per heavy atom. The van der Waals surface area contributed by atoms with Gasteiger partial charge in [0.25, 0.3) is 0 Å². The summed E-state index contributed by atoms with van der Waals surface area (Å²) in [5.74, 6) is 0. The largest absolute Gasteiger partial charge is 0.383 e. The summed E-state index contributed by atoms with van der Waals surface area (Å²) >= 11 is 9.19. The minimum absolute atomic E-state index is 0.695. The smallest absolute Gasteiger partial charge is 0.0635 e. The Hall–Kier alpha value is -0.250. The predicted molar refractivity (Wildman–Crippen MR) is 59.5 cm³/mol. The molecule has 1 rings (SSSR count). The highest BCUT2D eigenvalue weighted by Gasteiger charge is 1.97. The Morgan fingerprint density at radius 3 is 2.92 bits per heavy atom. The first-order valence-corrected chi connectivity index (χ1v) is 5.09. The van der Waals surface area contributed by atoms with Crippen molar-refractivity contribution in [2.45, 2.75) is 0 Å². The van der Waals surface area contributed by atoms with E-state index in [1.807, 2.05) is 18.2 Å². The number of rotatable bonds is 4. The summed E-state index contributed by atoms with van der Waals surface area (Å²) in [5, 5.41) is 3.92. The summed E-state index contributed by atoms with van der Waals surface area (Å²) in [6.07, 6.45) is 0. The monoisotopic (exact) mass is 263 g/mol. The van der Waals surface area contributed by atoms with Gasteiger partial charge >= 0.3 is 0 Å². The number of nitrogens with one attached hydrogen (secondary N) is 1. The molecule has 2 nitrogen and oxygen atoms in total. The molecular weight excluding hydrogens is 253 g/mol. The van der Waals surface area contributed by atoms with Gasteiger partial charge in [-0.1, -0.05) is 11.6 Å². The van der Waals surface area contributed by atoms with Gasteiger partial charge in [0.15, 0.2) is 0 Å². The van der Waals surface area contributed by atoms with Crippen LogP contribution in [0.2, 0.25) is 5.02 Å². The number of hydrogen-bond acceptors (Lipinski definition) is 2. The van der Waals surface area contributed by atoms with Crippen LogP contribution < -0.4 is 5.32 Å². The summed E-state index contributed by atoms with van der Waals surface area (Å²) in [7, 11) is 1.68. The van der Waals surface area contributed by atoms with Gasteiger partial charge < -0.3 is 10.1 Å². The summed E-state index contributed by atoms with van der Waals surface area (Å²) in [4.78, 5) is 0. The quantitative estimate of drug-likeness (QED) is 0.844. The third-order valence-electron chi connectivity index (χ3n) is 1.55. The first kappa shape index (κ1) is 10.8. The van der Waals surface area contributed by atoms with E-state index >= 15 is 0 Å². The van der Waals surface area contributed by atoms with Gasteiger partial charge in [-0.25, -0.2) is 0 Å². The van der Waals surface area contributed by atoms with E-state index in [9.17, 15) is 0 Å². The first-order chi connectivity index (χ1) is 6.24. The van der Waals surface area contributed by atoms with Crippen molar-refractivity contribution in [2.24, 2.45) is 0 Å². The molecule has 0 fully saturated rings. The molecule has 0 aliphatic carbocycles. The van der Waals surface area contributed by atoms with E-state index < -0.39 is 0 Å². The highest BCUT2D eigenvalue weighted by molar-refractivity contribution is 9.10. The highest BCUT2D eigenvalue weighted by Crippen LogP contribution is 2.25. The van der Waals surface area contributed by atoms with Crippen LogP contribution in [0.3, 0.4) is 0 Å². The van der Waals surface area contributed by atoms with Crippen molar-refractivity contribution in [3.8, 4) is 0 Å². The molecular formula is C9H11BrClNO. The summed E-state index contributed by atoms with van der Waals surface area (Å²) < 4.78 is 5.82. The lowest BCUT2D eigenvalue weighted by atomic mass is 10.3. The SMILES string of the molecule is COCCNc1ccc(Cl)c(Br)c1. The molecule has 0 spiro atoms. The van der Waals surface area contributed by atoms with Crippen LogP contribution in [0.1, 0.15) is 0 Å². The maximum Gasteiger partial charge on any atom is 0.0635 e. The van der Waals surface area contributed by atoms with Crippen LogP contribution >= 0.6 is 27.5 Å². The summed E-state index contributed by atoms with van der Waals surface area (Å²) in [5.41, 5.74) is 1.04. The van der Waals surface area contributed by atoms with Crippen molar-refractivity contribution in [1.82, 2.24) is 0 Å². The lowest BCUT2D eigenvalue weighted by Crippen LogP contribution is -2.07. The van der Waals surface area contributed by atoms with Gasteiger partial charge in [-0.05, 0) is 34.1 Å². The van der Waals surface area contributed by atoms with Gasteiger partial charge in [0.2, 0.25) is 0 Å². The zero-order chi connectivity index (χ0) is 9.68. The number of methoxy groups -OCH3 is 1. The van der Waals surface area contributed by atoms with Crippen molar-refractivity contribution in [2.75, 3.05) is 25.6 Å². The predicted octanol–water partition coefficient (Wildman–Crippen LogP) is 3.16. The topological polar surface area (TPSA) is 21.3 Å². The van der Waals surface area contributed by atoms with Crippen molar-refractivity contribution in [1.29, 1.82) is 0 Å². The van der Waals surface area contributed by atoms with E-state index in [4.69, 9.17) is 16.3 Å². The average Bonchev–Trinajstić information content (AvgIpc) is 2.12. The fraction of sp³-hybridized carbons (Fsp3) is 0.333. The van der Waals surface area contributed by atoms with E-state index in [0.29, 0.717) is 6.61 Å². The third kappa shape index (κ3) is 3.55. The molecule has 0 saturated carbocycles. The fourth-order valence-electron chi connectivity index (χ4n) is 0.904. The van der Waals surface area contributed by atoms with Crippen molar-refractivity contribution in [3.63, 3.8) is 0 Å². The van der Waals surface area contributed by atoms with Gasteiger partial charge in [0, 0.05) is 23.8 Å². The molecule has 1 aromatic rings. The van der Waals surface area contributed by atoms with Gasteiger partial charge in [0.05, 0.1) is 11.6 Å². The zero-order valence-electron chi connectivity index (χ0n) is 7.31. The lowest BCUT2D eigenvalue weighted by Gasteiger charge is -2.06. The standard InChI is InChI=1S/C9H11BrClNO/c1-13-5-4-12-7-2-3-9(11)8(10)6-7/h2-3,6,12H,4-5H2,1H3. The fourth-order valence-corrected chi connectivity index (χ4v) is 1.40. The molecule has 1 N–H and O–H groups in total. The molecule has 4 heteroatoms. The second-order valence-electron chi connectivity index (χ2n) is 2.55. The molecule has 1 aromatic carbocycles. The van der Waals surface area contributed by atoms with Crippen LogP contribution in [0.4, 0.5) is 5.69 Å². The van der Waals surface area contributed by atoms with E-state index in [0.717, 1.165) is 21.7 Å². The number of benzene rings is 1. The van der Waals surface area contributed by atoms with Crippen LogP contribution in [0.25, 0.3) is 0 Å². The molecule has 0 heterocycles. The molecule has 0 aliphatic rings. The Balaban J connectivity index is 2.53. The van der Waals surface area contributed by atoms with Crippen molar-refractivity contribution in [3.05, 3.63) is 27.7 Å². The molecule has 0 unspecified atom stereocenters. The summed E-state index contributed by atoms with van der Waals surface area (Å²) in [6.45, 7) is 1.49. The molecule has 0 atom stereocenters. The van der Waals surface area contributed by atoms with E-state index in [1.165, 1.54) is 0 Å². The molecule has 0 aromatic heterocycles. The summed E-state index contributed by atoms with van der Waals surface area (Å²) in [6, 6.07) is 5.72. The van der Waals surface area contributed by atoms with Crippen LogP contribution in [0.5, 0.6) is 0 Å². The van der Waals surface area contributed by atoms with Crippen molar-refractivity contribution >= 4 is 33.2 Å². The molecule has 72 valence electrons. The van der Waals surface area contributed by atoms with Gasteiger partial charge in [0.1, 0.15) is 0 Å². The molecule has 0 radical (unpaired) electrons. The Labute approximate surface area is 91.4 Å². The number of hydrogen-bond donors (Lipinski definition) is 1. The Morgan fingerprint density at radius 2 is 2.31 bits per heavy atom. The Bertz CT molecular complexity index is 280. The molecule has 0 bridgehead atoms. The molecule has 0 aliphatic heterocycles. The van der Waals surface area contributed by atoms with E-state index in [2.05, 4.69) is 21.2 Å². The van der Waals surface area contributed by atoms with Crippen LogP contribution in [0, 0.1) is 0 Å². The highest BCUT2D eigenvalue weighted by atomic mass is 79.9. The third-order valence-corrected chi connectivity index (χ3v) is 2.77. The Kier molecular flexibility index (Phi) is 4.56. The van der Waals surface area contributed by atoms with Crippen LogP contribution in [-0.4, -0.2) is 20.3 Å². The minimum Gasteiger partial charge on any atom is -0.383 e. The first-order valence-electron chi connectivity index (χ1n) is 3.92. The minimum atomic E-state index is 0.695. The van der Waals surface area contributed by atoms with Crippen molar-refractivity contribution < 1.29 is 4.74 Å². The second kappa shape index (κ2) is 5.47. The zero-order valence-corrected chi connectivity index (χ0v) is 9.65. The molecule has 13 heavy (non-hydrogen) atoms. The second-order valence-corrected chi connectivity index (χ2v) is 3.81. The lowest BCUT2D eigenvalue weighted by molar-refractivity contribution is 0.211. The van der Waals surface area contributed by atoms with Gasteiger partial charge in [-0.2, -0.15) is 0 Å². The number of anilines is 1. The number of ether oxygens (including phenoxy) is 1. The normalized spacial score (nSPS) is 10.1. The molecule has 0 saturated heterocycles. The van der Waals surface area contributed by atoms with E-state index in [-0.39, 0.29) is 0 Å².